The molecule has 0 radical (unpaired) electrons. The molecule has 0 fully saturated rings. The Hall–Kier alpha value is -1.02. The van der Waals surface area contributed by atoms with Crippen molar-refractivity contribution in [2.45, 2.75) is 12.8 Å². The highest BCUT2D eigenvalue weighted by Crippen LogP contribution is 2.08. The zero-order chi connectivity index (χ0) is 10.2. The van der Waals surface area contributed by atoms with Crippen molar-refractivity contribution in [2.24, 2.45) is 0 Å². The summed E-state index contributed by atoms with van der Waals surface area (Å²) in [6, 6.07) is 9.31. The number of rotatable bonds is 6. The maximum absolute atomic E-state index is 11.2. The molecular formula is C11H13ClO2. The second kappa shape index (κ2) is 6.44. The second-order valence-electron chi connectivity index (χ2n) is 2.93. The minimum atomic E-state index is 0.0921. The lowest BCUT2D eigenvalue weighted by atomic mass is 10.2. The van der Waals surface area contributed by atoms with Crippen molar-refractivity contribution in [3.8, 4) is 5.75 Å². The van der Waals surface area contributed by atoms with E-state index in [-0.39, 0.29) is 12.4 Å². The molecule has 0 bridgehead atoms. The van der Waals surface area contributed by atoms with E-state index < -0.39 is 0 Å². The number of Topliss-reactive ketones (excluding diaryl/α,β-unsaturated/α-hetero) is 1. The molecule has 76 valence electrons. The first-order valence-electron chi connectivity index (χ1n) is 4.58. The fourth-order valence-electron chi connectivity index (χ4n) is 1.02. The van der Waals surface area contributed by atoms with Crippen molar-refractivity contribution >= 4 is 17.4 Å². The normalized spacial score (nSPS) is 9.79. The fourth-order valence-corrected chi connectivity index (χ4v) is 1.15. The Bertz CT molecular complexity index is 272. The summed E-state index contributed by atoms with van der Waals surface area (Å²) in [5, 5.41) is 0. The van der Waals surface area contributed by atoms with Gasteiger partial charge in [0.15, 0.2) is 5.78 Å². The van der Waals surface area contributed by atoms with Crippen molar-refractivity contribution in [1.82, 2.24) is 0 Å². The van der Waals surface area contributed by atoms with Crippen LogP contribution in [0.2, 0.25) is 0 Å². The highest BCUT2D eigenvalue weighted by molar-refractivity contribution is 6.17. The Balaban J connectivity index is 2.24. The lowest BCUT2D eigenvalue weighted by molar-refractivity contribution is -0.121. The molecule has 0 spiro atoms. The third-order valence-electron chi connectivity index (χ3n) is 1.73. The van der Waals surface area contributed by atoms with E-state index in [9.17, 15) is 4.79 Å². The van der Waals surface area contributed by atoms with Crippen molar-refractivity contribution < 1.29 is 9.53 Å². The molecule has 2 nitrogen and oxygen atoms in total. The van der Waals surface area contributed by atoms with Gasteiger partial charge in [-0.25, -0.2) is 0 Å². The third kappa shape index (κ3) is 4.28. The first kappa shape index (κ1) is 11.1. The highest BCUT2D eigenvalue weighted by Gasteiger charge is 2.01. The molecule has 14 heavy (non-hydrogen) atoms. The lowest BCUT2D eigenvalue weighted by Gasteiger charge is -2.03. The molecule has 0 N–H and O–H groups in total. The number of para-hydroxylation sites is 1. The molecule has 0 saturated heterocycles. The number of carbonyl (C=O) groups is 1. The zero-order valence-corrected chi connectivity index (χ0v) is 8.67. The van der Waals surface area contributed by atoms with Gasteiger partial charge in [-0.3, -0.25) is 4.79 Å². The molecule has 0 aliphatic carbocycles. The maximum Gasteiger partial charge on any atom is 0.170 e. The summed E-state index contributed by atoms with van der Waals surface area (Å²) in [6.45, 7) is 0.140. The molecule has 0 aromatic heterocycles. The predicted octanol–water partition coefficient (Wildman–Crippen LogP) is 2.65. The van der Waals surface area contributed by atoms with Gasteiger partial charge in [0.25, 0.3) is 0 Å². The van der Waals surface area contributed by atoms with Gasteiger partial charge in [-0.2, -0.15) is 0 Å². The van der Waals surface area contributed by atoms with Crippen LogP contribution >= 0.6 is 11.6 Å². The Kier molecular flexibility index (Phi) is 5.08. The van der Waals surface area contributed by atoms with Gasteiger partial charge < -0.3 is 4.74 Å². The van der Waals surface area contributed by atoms with Crippen LogP contribution in [0.5, 0.6) is 5.75 Å². The minimum absolute atomic E-state index is 0.0921. The second-order valence-corrected chi connectivity index (χ2v) is 3.31. The quantitative estimate of drug-likeness (QED) is 0.678. The Morgan fingerprint density at radius 3 is 2.64 bits per heavy atom. The van der Waals surface area contributed by atoms with Crippen LogP contribution in [0.25, 0.3) is 0 Å². The molecule has 0 unspecified atom stereocenters. The van der Waals surface area contributed by atoms with E-state index in [2.05, 4.69) is 0 Å². The molecule has 0 amide bonds. The largest absolute Gasteiger partial charge is 0.486 e. The van der Waals surface area contributed by atoms with E-state index >= 15 is 0 Å². The molecule has 1 rings (SSSR count). The summed E-state index contributed by atoms with van der Waals surface area (Å²) in [5.74, 6) is 1.35. The molecular weight excluding hydrogens is 200 g/mol. The van der Waals surface area contributed by atoms with Crippen LogP contribution in [0, 0.1) is 0 Å². The van der Waals surface area contributed by atoms with Crippen LogP contribution < -0.4 is 4.74 Å². The average Bonchev–Trinajstić information content (AvgIpc) is 2.25. The number of hydrogen-bond donors (Lipinski definition) is 0. The smallest absolute Gasteiger partial charge is 0.170 e. The van der Waals surface area contributed by atoms with E-state index in [4.69, 9.17) is 16.3 Å². The van der Waals surface area contributed by atoms with E-state index in [0.717, 1.165) is 12.2 Å². The highest BCUT2D eigenvalue weighted by atomic mass is 35.5. The summed E-state index contributed by atoms with van der Waals surface area (Å²) in [5.41, 5.74) is 0. The van der Waals surface area contributed by atoms with Crippen LogP contribution in [0.1, 0.15) is 12.8 Å². The van der Waals surface area contributed by atoms with Crippen molar-refractivity contribution in [1.29, 1.82) is 0 Å². The van der Waals surface area contributed by atoms with E-state index in [1.807, 2.05) is 30.3 Å². The molecule has 0 aliphatic rings. The molecule has 3 heteroatoms. The topological polar surface area (TPSA) is 26.3 Å². The van der Waals surface area contributed by atoms with Crippen molar-refractivity contribution in [3.05, 3.63) is 30.3 Å². The van der Waals surface area contributed by atoms with Crippen LogP contribution in [0.4, 0.5) is 0 Å². The summed E-state index contributed by atoms with van der Waals surface area (Å²) in [7, 11) is 0. The fraction of sp³-hybridized carbons (Fsp3) is 0.364. The first-order chi connectivity index (χ1) is 6.83. The van der Waals surface area contributed by atoms with Gasteiger partial charge in [-0.1, -0.05) is 18.2 Å². The maximum atomic E-state index is 11.2. The Morgan fingerprint density at radius 1 is 1.29 bits per heavy atom. The number of halogens is 1. The standard InChI is InChI=1S/C11H13ClO2/c12-8-4-5-10(13)9-14-11-6-2-1-3-7-11/h1-3,6-7H,4-5,8-9H2. The van der Waals surface area contributed by atoms with E-state index in [0.29, 0.717) is 12.3 Å². The van der Waals surface area contributed by atoms with Crippen molar-refractivity contribution in [3.63, 3.8) is 0 Å². The minimum Gasteiger partial charge on any atom is -0.486 e. The molecule has 1 aromatic rings. The number of hydrogen-bond acceptors (Lipinski definition) is 2. The molecule has 0 atom stereocenters. The number of benzene rings is 1. The number of carbonyl (C=O) groups excluding carboxylic acids is 1. The van der Waals surface area contributed by atoms with Gasteiger partial charge in [0, 0.05) is 12.3 Å². The summed E-state index contributed by atoms with van der Waals surface area (Å²) in [6.07, 6.45) is 1.22. The third-order valence-corrected chi connectivity index (χ3v) is 2.00. The zero-order valence-electron chi connectivity index (χ0n) is 7.91. The monoisotopic (exact) mass is 212 g/mol. The molecule has 0 aliphatic heterocycles. The van der Waals surface area contributed by atoms with Crippen LogP contribution in [-0.2, 0) is 4.79 Å². The Labute approximate surface area is 88.8 Å². The van der Waals surface area contributed by atoms with Gasteiger partial charge in [-0.15, -0.1) is 11.6 Å². The van der Waals surface area contributed by atoms with Crippen LogP contribution in [0.3, 0.4) is 0 Å². The van der Waals surface area contributed by atoms with Gasteiger partial charge in [-0.05, 0) is 18.6 Å². The lowest BCUT2D eigenvalue weighted by Crippen LogP contribution is -2.10. The average molecular weight is 213 g/mol. The Morgan fingerprint density at radius 2 is 2.00 bits per heavy atom. The number of ether oxygens (including phenoxy) is 1. The van der Waals surface area contributed by atoms with Gasteiger partial charge in [0.05, 0.1) is 0 Å². The van der Waals surface area contributed by atoms with Crippen LogP contribution in [0.15, 0.2) is 30.3 Å². The molecule has 0 saturated carbocycles. The van der Waals surface area contributed by atoms with Gasteiger partial charge in [0.1, 0.15) is 12.4 Å². The van der Waals surface area contributed by atoms with E-state index in [1.165, 1.54) is 0 Å². The van der Waals surface area contributed by atoms with Crippen LogP contribution in [-0.4, -0.2) is 18.3 Å². The molecule has 0 heterocycles. The van der Waals surface area contributed by atoms with Crippen molar-refractivity contribution in [2.75, 3.05) is 12.5 Å². The SMILES string of the molecule is O=C(CCCCl)COc1ccccc1. The summed E-state index contributed by atoms with van der Waals surface area (Å²) < 4.78 is 5.27. The number of alkyl halides is 1. The predicted molar refractivity (Wildman–Crippen MR) is 56.9 cm³/mol. The molecule has 1 aromatic carbocycles. The first-order valence-corrected chi connectivity index (χ1v) is 5.12. The van der Waals surface area contributed by atoms with E-state index in [1.54, 1.807) is 0 Å². The number of ketones is 1. The summed E-state index contributed by atoms with van der Waals surface area (Å²) >= 11 is 5.47. The summed E-state index contributed by atoms with van der Waals surface area (Å²) in [4.78, 5) is 11.2. The van der Waals surface area contributed by atoms with Gasteiger partial charge >= 0.3 is 0 Å². The van der Waals surface area contributed by atoms with Gasteiger partial charge in [0.2, 0.25) is 0 Å².